The number of ether oxygens (including phenoxy) is 2. The van der Waals surface area contributed by atoms with Gasteiger partial charge in [0.25, 0.3) is 0 Å². The topological polar surface area (TPSA) is 18.5 Å². The molecule has 0 saturated heterocycles. The first-order chi connectivity index (χ1) is 9.97. The van der Waals surface area contributed by atoms with Gasteiger partial charge in [0.15, 0.2) is 11.5 Å². The Labute approximate surface area is 140 Å². The summed E-state index contributed by atoms with van der Waals surface area (Å²) in [7, 11) is 3.18. The van der Waals surface area contributed by atoms with Crippen molar-refractivity contribution >= 4 is 31.9 Å². The fraction of sp³-hybridized carbons (Fsp3) is 0.250. The third kappa shape index (κ3) is 3.40. The maximum atomic E-state index is 14.1. The molecule has 0 N–H and O–H groups in total. The lowest BCUT2D eigenvalue weighted by Gasteiger charge is -2.18. The zero-order valence-corrected chi connectivity index (χ0v) is 15.1. The SMILES string of the molecule is COc1cc(C)c(C(Br)c2cc(Br)ccc2F)cc1OC. The molecule has 0 aliphatic heterocycles. The number of alkyl halides is 1. The van der Waals surface area contributed by atoms with E-state index in [1.807, 2.05) is 19.1 Å². The zero-order valence-electron chi connectivity index (χ0n) is 11.9. The molecule has 0 aromatic heterocycles. The zero-order chi connectivity index (χ0) is 15.6. The number of hydrogen-bond acceptors (Lipinski definition) is 2. The molecule has 2 nitrogen and oxygen atoms in total. The van der Waals surface area contributed by atoms with Crippen LogP contribution in [0.5, 0.6) is 11.5 Å². The Morgan fingerprint density at radius 2 is 1.62 bits per heavy atom. The first kappa shape index (κ1) is 16.3. The Balaban J connectivity index is 2.52. The third-order valence-corrected chi connectivity index (χ3v) is 4.76. The first-order valence-corrected chi connectivity index (χ1v) is 8.00. The van der Waals surface area contributed by atoms with E-state index in [0.717, 1.165) is 15.6 Å². The highest BCUT2D eigenvalue weighted by Gasteiger charge is 2.19. The van der Waals surface area contributed by atoms with Crippen LogP contribution < -0.4 is 9.47 Å². The van der Waals surface area contributed by atoms with E-state index >= 15 is 0 Å². The van der Waals surface area contributed by atoms with Crippen LogP contribution in [0, 0.1) is 12.7 Å². The molecule has 0 amide bonds. The lowest BCUT2D eigenvalue weighted by atomic mass is 9.99. The van der Waals surface area contributed by atoms with Gasteiger partial charge in [-0.05, 0) is 48.4 Å². The molecule has 21 heavy (non-hydrogen) atoms. The number of aryl methyl sites for hydroxylation is 1. The Bertz CT molecular complexity index is 659. The van der Waals surface area contributed by atoms with Crippen LogP contribution >= 0.6 is 31.9 Å². The fourth-order valence-corrected chi connectivity index (χ4v) is 3.37. The van der Waals surface area contributed by atoms with Crippen LogP contribution in [0.25, 0.3) is 0 Å². The lowest BCUT2D eigenvalue weighted by Crippen LogP contribution is -2.01. The van der Waals surface area contributed by atoms with Gasteiger partial charge in [-0.2, -0.15) is 0 Å². The largest absolute Gasteiger partial charge is 0.493 e. The molecule has 0 saturated carbocycles. The summed E-state index contributed by atoms with van der Waals surface area (Å²) in [5, 5.41) is 0. The predicted molar refractivity (Wildman–Crippen MR) is 89.2 cm³/mol. The van der Waals surface area contributed by atoms with Gasteiger partial charge in [-0.1, -0.05) is 31.9 Å². The number of halogens is 3. The smallest absolute Gasteiger partial charge is 0.161 e. The van der Waals surface area contributed by atoms with Crippen LogP contribution in [-0.2, 0) is 0 Å². The molecule has 5 heteroatoms. The third-order valence-electron chi connectivity index (χ3n) is 3.28. The van der Waals surface area contributed by atoms with Gasteiger partial charge in [0.2, 0.25) is 0 Å². The molecular formula is C16H15Br2FO2. The minimum atomic E-state index is -0.269. The van der Waals surface area contributed by atoms with Crippen LogP contribution in [0.1, 0.15) is 21.5 Å². The van der Waals surface area contributed by atoms with Crippen molar-refractivity contribution in [3.05, 3.63) is 57.3 Å². The summed E-state index contributed by atoms with van der Waals surface area (Å²) in [6.07, 6.45) is 0. The molecule has 1 unspecified atom stereocenters. The molecule has 1 atom stereocenters. The van der Waals surface area contributed by atoms with E-state index in [-0.39, 0.29) is 10.6 Å². The second-order valence-electron chi connectivity index (χ2n) is 4.59. The highest BCUT2D eigenvalue weighted by molar-refractivity contribution is 9.10. The summed E-state index contributed by atoms with van der Waals surface area (Å²) >= 11 is 6.96. The highest BCUT2D eigenvalue weighted by atomic mass is 79.9. The first-order valence-electron chi connectivity index (χ1n) is 6.29. The van der Waals surface area contributed by atoms with Crippen LogP contribution in [-0.4, -0.2) is 14.2 Å². The second-order valence-corrected chi connectivity index (χ2v) is 6.42. The molecule has 2 aromatic rings. The molecule has 0 aliphatic rings. The number of hydrogen-bond donors (Lipinski definition) is 0. The molecule has 0 bridgehead atoms. The van der Waals surface area contributed by atoms with Gasteiger partial charge in [-0.15, -0.1) is 0 Å². The van der Waals surface area contributed by atoms with Crippen molar-refractivity contribution < 1.29 is 13.9 Å². The van der Waals surface area contributed by atoms with E-state index < -0.39 is 0 Å². The van der Waals surface area contributed by atoms with E-state index in [0.29, 0.717) is 17.1 Å². The van der Waals surface area contributed by atoms with Crippen LogP contribution in [0.2, 0.25) is 0 Å². The Morgan fingerprint density at radius 1 is 1.00 bits per heavy atom. The number of rotatable bonds is 4. The predicted octanol–water partition coefficient (Wildman–Crippen LogP) is 5.40. The summed E-state index contributed by atoms with van der Waals surface area (Å²) in [4.78, 5) is -0.269. The van der Waals surface area contributed by atoms with Crippen LogP contribution in [0.15, 0.2) is 34.8 Å². The van der Waals surface area contributed by atoms with E-state index in [4.69, 9.17) is 9.47 Å². The number of methoxy groups -OCH3 is 2. The normalized spacial score (nSPS) is 12.1. The minimum absolute atomic E-state index is 0.255. The lowest BCUT2D eigenvalue weighted by molar-refractivity contribution is 0.354. The molecule has 112 valence electrons. The van der Waals surface area contributed by atoms with Crippen molar-refractivity contribution in [1.82, 2.24) is 0 Å². The van der Waals surface area contributed by atoms with E-state index in [1.165, 1.54) is 6.07 Å². The molecule has 2 aromatic carbocycles. The van der Waals surface area contributed by atoms with Crippen molar-refractivity contribution in [3.8, 4) is 11.5 Å². The molecule has 0 spiro atoms. The monoisotopic (exact) mass is 416 g/mol. The van der Waals surface area contributed by atoms with Gasteiger partial charge in [-0.3, -0.25) is 0 Å². The van der Waals surface area contributed by atoms with E-state index in [9.17, 15) is 4.39 Å². The van der Waals surface area contributed by atoms with Crippen LogP contribution in [0.4, 0.5) is 4.39 Å². The molecule has 0 fully saturated rings. The summed E-state index contributed by atoms with van der Waals surface area (Å²) < 4.78 is 25.5. The average Bonchev–Trinajstić information content (AvgIpc) is 2.48. The Kier molecular flexibility index (Phi) is 5.27. The number of benzene rings is 2. The van der Waals surface area contributed by atoms with Crippen molar-refractivity contribution in [2.75, 3.05) is 14.2 Å². The van der Waals surface area contributed by atoms with Gasteiger partial charge in [0.1, 0.15) is 5.82 Å². The molecule has 2 rings (SSSR count). The minimum Gasteiger partial charge on any atom is -0.493 e. The molecule has 0 radical (unpaired) electrons. The van der Waals surface area contributed by atoms with Gasteiger partial charge in [-0.25, -0.2) is 4.39 Å². The van der Waals surface area contributed by atoms with Crippen molar-refractivity contribution in [3.63, 3.8) is 0 Å². The van der Waals surface area contributed by atoms with Crippen LogP contribution in [0.3, 0.4) is 0 Å². The van der Waals surface area contributed by atoms with Crippen molar-refractivity contribution in [1.29, 1.82) is 0 Å². The highest BCUT2D eigenvalue weighted by Crippen LogP contribution is 2.40. The Morgan fingerprint density at radius 3 is 2.24 bits per heavy atom. The fourth-order valence-electron chi connectivity index (χ4n) is 2.15. The van der Waals surface area contributed by atoms with Crippen molar-refractivity contribution in [2.24, 2.45) is 0 Å². The second kappa shape index (κ2) is 6.79. The van der Waals surface area contributed by atoms with Gasteiger partial charge in [0, 0.05) is 10.0 Å². The molecule has 0 aliphatic carbocycles. The van der Waals surface area contributed by atoms with Gasteiger partial charge in [0.05, 0.1) is 19.0 Å². The summed E-state index contributed by atoms with van der Waals surface area (Å²) in [6.45, 7) is 1.96. The average molecular weight is 418 g/mol. The van der Waals surface area contributed by atoms with E-state index in [2.05, 4.69) is 31.9 Å². The molecule has 0 heterocycles. The van der Waals surface area contributed by atoms with Gasteiger partial charge >= 0.3 is 0 Å². The Hall–Kier alpha value is -1.07. The van der Waals surface area contributed by atoms with Crippen molar-refractivity contribution in [2.45, 2.75) is 11.8 Å². The summed E-state index contributed by atoms with van der Waals surface area (Å²) in [5.74, 6) is 1.03. The maximum Gasteiger partial charge on any atom is 0.161 e. The summed E-state index contributed by atoms with van der Waals surface area (Å²) in [6, 6.07) is 8.65. The standard InChI is InChI=1S/C16H15Br2FO2/c1-9-6-14(20-2)15(21-3)8-11(9)16(18)12-7-10(17)4-5-13(12)19/h4-8,16H,1-3H3. The summed E-state index contributed by atoms with van der Waals surface area (Å²) in [5.41, 5.74) is 2.50. The molecular weight excluding hydrogens is 403 g/mol. The quantitative estimate of drug-likeness (QED) is 0.620. The van der Waals surface area contributed by atoms with E-state index in [1.54, 1.807) is 26.4 Å². The maximum absolute atomic E-state index is 14.1. The van der Waals surface area contributed by atoms with Gasteiger partial charge < -0.3 is 9.47 Å².